The average molecular weight is 286 g/mol. The van der Waals surface area contributed by atoms with Gasteiger partial charge in [0.15, 0.2) is 0 Å². The summed E-state index contributed by atoms with van der Waals surface area (Å²) in [4.78, 5) is 2.31. The SMILES string of the molecule is CC(NCCN(C)C(C)C)c1ccc2ccccc2c1O. The smallest absolute Gasteiger partial charge is 0.128 e. The summed E-state index contributed by atoms with van der Waals surface area (Å²) in [5.74, 6) is 0.394. The number of aromatic hydroxyl groups is 1. The molecule has 3 nitrogen and oxygen atoms in total. The third-order valence-electron chi connectivity index (χ3n) is 4.19. The number of phenols is 1. The molecule has 1 unspecified atom stereocenters. The number of hydrogen-bond donors (Lipinski definition) is 2. The number of nitrogens with one attached hydrogen (secondary N) is 1. The Kier molecular flexibility index (Phi) is 5.21. The Hall–Kier alpha value is -1.58. The highest BCUT2D eigenvalue weighted by Crippen LogP contribution is 2.32. The number of rotatable bonds is 6. The van der Waals surface area contributed by atoms with Crippen LogP contribution >= 0.6 is 0 Å². The highest BCUT2D eigenvalue weighted by Gasteiger charge is 2.12. The molecular weight excluding hydrogens is 260 g/mol. The summed E-state index contributed by atoms with van der Waals surface area (Å²) in [6.07, 6.45) is 0. The third-order valence-corrected chi connectivity index (χ3v) is 4.19. The summed E-state index contributed by atoms with van der Waals surface area (Å²) in [5, 5.41) is 15.9. The van der Waals surface area contributed by atoms with Crippen molar-refractivity contribution in [3.8, 4) is 5.75 Å². The van der Waals surface area contributed by atoms with Crippen LogP contribution in [-0.2, 0) is 0 Å². The lowest BCUT2D eigenvalue weighted by atomic mass is 10.0. The molecule has 0 aliphatic carbocycles. The lowest BCUT2D eigenvalue weighted by Crippen LogP contribution is -2.34. The lowest BCUT2D eigenvalue weighted by molar-refractivity contribution is 0.269. The molecule has 3 heteroatoms. The van der Waals surface area contributed by atoms with E-state index in [2.05, 4.69) is 44.1 Å². The second kappa shape index (κ2) is 6.92. The molecule has 2 aromatic rings. The van der Waals surface area contributed by atoms with E-state index >= 15 is 0 Å². The fourth-order valence-corrected chi connectivity index (χ4v) is 2.45. The quantitative estimate of drug-likeness (QED) is 0.852. The van der Waals surface area contributed by atoms with Crippen molar-refractivity contribution in [2.75, 3.05) is 20.1 Å². The van der Waals surface area contributed by atoms with Gasteiger partial charge in [-0.3, -0.25) is 0 Å². The fraction of sp³-hybridized carbons (Fsp3) is 0.444. The van der Waals surface area contributed by atoms with Crippen molar-refractivity contribution in [3.63, 3.8) is 0 Å². The molecule has 0 aliphatic rings. The van der Waals surface area contributed by atoms with Crippen LogP contribution < -0.4 is 5.32 Å². The van der Waals surface area contributed by atoms with Crippen LogP contribution in [0.3, 0.4) is 0 Å². The topological polar surface area (TPSA) is 35.5 Å². The van der Waals surface area contributed by atoms with Crippen LogP contribution in [0.1, 0.15) is 32.4 Å². The van der Waals surface area contributed by atoms with E-state index in [1.54, 1.807) is 0 Å². The molecule has 114 valence electrons. The van der Waals surface area contributed by atoms with Crippen molar-refractivity contribution < 1.29 is 5.11 Å². The van der Waals surface area contributed by atoms with Gasteiger partial charge in [-0.25, -0.2) is 0 Å². The van der Waals surface area contributed by atoms with E-state index in [0.717, 1.165) is 29.4 Å². The molecule has 2 N–H and O–H groups in total. The number of likely N-dealkylation sites (N-methyl/N-ethyl adjacent to an activating group) is 1. The van der Waals surface area contributed by atoms with Crippen LogP contribution in [0.25, 0.3) is 10.8 Å². The molecule has 1 atom stereocenters. The number of hydrogen-bond acceptors (Lipinski definition) is 3. The normalized spacial score (nSPS) is 13.2. The summed E-state index contributed by atoms with van der Waals surface area (Å²) in [6, 6.07) is 12.7. The van der Waals surface area contributed by atoms with E-state index in [1.807, 2.05) is 30.3 Å². The predicted molar refractivity (Wildman–Crippen MR) is 89.8 cm³/mol. The third kappa shape index (κ3) is 3.74. The van der Waals surface area contributed by atoms with E-state index in [0.29, 0.717) is 11.8 Å². The first-order chi connectivity index (χ1) is 10.0. The van der Waals surface area contributed by atoms with Gasteiger partial charge < -0.3 is 15.3 Å². The number of benzene rings is 2. The van der Waals surface area contributed by atoms with Crippen molar-refractivity contribution >= 4 is 10.8 Å². The van der Waals surface area contributed by atoms with Gasteiger partial charge in [0.2, 0.25) is 0 Å². The number of phenolic OH excluding ortho intramolecular Hbond substituents is 1. The van der Waals surface area contributed by atoms with Gasteiger partial charge in [0.1, 0.15) is 5.75 Å². The molecule has 0 aliphatic heterocycles. The Balaban J connectivity index is 2.06. The Labute approximate surface area is 127 Å². The highest BCUT2D eigenvalue weighted by atomic mass is 16.3. The Morgan fingerprint density at radius 1 is 1.10 bits per heavy atom. The molecule has 0 fully saturated rings. The van der Waals surface area contributed by atoms with Gasteiger partial charge in [0.05, 0.1) is 0 Å². The summed E-state index contributed by atoms with van der Waals surface area (Å²) in [5.41, 5.74) is 0.959. The first kappa shape index (κ1) is 15.8. The maximum absolute atomic E-state index is 10.5. The van der Waals surface area contributed by atoms with Crippen molar-refractivity contribution in [3.05, 3.63) is 42.0 Å². The second-order valence-electron chi connectivity index (χ2n) is 5.97. The molecule has 0 amide bonds. The molecule has 2 aromatic carbocycles. The monoisotopic (exact) mass is 286 g/mol. The summed E-state index contributed by atoms with van der Waals surface area (Å²) >= 11 is 0. The largest absolute Gasteiger partial charge is 0.507 e. The average Bonchev–Trinajstić information content (AvgIpc) is 2.47. The minimum atomic E-state index is 0.134. The maximum atomic E-state index is 10.5. The Morgan fingerprint density at radius 2 is 1.81 bits per heavy atom. The molecule has 0 heterocycles. The van der Waals surface area contributed by atoms with Crippen LogP contribution in [0.15, 0.2) is 36.4 Å². The van der Waals surface area contributed by atoms with Gasteiger partial charge in [-0.15, -0.1) is 0 Å². The molecule has 0 saturated carbocycles. The second-order valence-corrected chi connectivity index (χ2v) is 5.97. The van der Waals surface area contributed by atoms with Crippen LogP contribution in [0.2, 0.25) is 0 Å². The van der Waals surface area contributed by atoms with Crippen LogP contribution in [0.4, 0.5) is 0 Å². The zero-order valence-corrected chi connectivity index (χ0v) is 13.4. The van der Waals surface area contributed by atoms with Crippen LogP contribution in [-0.4, -0.2) is 36.2 Å². The van der Waals surface area contributed by atoms with E-state index in [1.165, 1.54) is 0 Å². The fourth-order valence-electron chi connectivity index (χ4n) is 2.45. The molecule has 0 spiro atoms. The zero-order chi connectivity index (χ0) is 15.4. The van der Waals surface area contributed by atoms with Crippen molar-refractivity contribution in [1.29, 1.82) is 0 Å². The highest BCUT2D eigenvalue weighted by molar-refractivity contribution is 5.89. The molecular formula is C18H26N2O. The van der Waals surface area contributed by atoms with Gasteiger partial charge in [0, 0.05) is 36.1 Å². The minimum Gasteiger partial charge on any atom is -0.507 e. The lowest BCUT2D eigenvalue weighted by Gasteiger charge is -2.23. The van der Waals surface area contributed by atoms with Crippen molar-refractivity contribution in [1.82, 2.24) is 10.2 Å². The van der Waals surface area contributed by atoms with Crippen LogP contribution in [0.5, 0.6) is 5.75 Å². The molecule has 2 rings (SSSR count). The van der Waals surface area contributed by atoms with E-state index in [9.17, 15) is 5.11 Å². The Bertz CT molecular complexity index is 595. The summed E-state index contributed by atoms with van der Waals surface area (Å²) in [7, 11) is 2.13. The molecule has 0 radical (unpaired) electrons. The summed E-state index contributed by atoms with van der Waals surface area (Å²) < 4.78 is 0. The first-order valence-corrected chi connectivity index (χ1v) is 7.65. The van der Waals surface area contributed by atoms with Gasteiger partial charge in [0.25, 0.3) is 0 Å². The summed E-state index contributed by atoms with van der Waals surface area (Å²) in [6.45, 7) is 8.38. The van der Waals surface area contributed by atoms with E-state index in [-0.39, 0.29) is 6.04 Å². The van der Waals surface area contributed by atoms with Gasteiger partial charge in [-0.05, 0) is 33.2 Å². The zero-order valence-electron chi connectivity index (χ0n) is 13.4. The van der Waals surface area contributed by atoms with Gasteiger partial charge in [-0.2, -0.15) is 0 Å². The van der Waals surface area contributed by atoms with E-state index < -0.39 is 0 Å². The number of fused-ring (bicyclic) bond motifs is 1. The number of nitrogens with zero attached hydrogens (tertiary/aromatic N) is 1. The van der Waals surface area contributed by atoms with Crippen LogP contribution in [0, 0.1) is 0 Å². The predicted octanol–water partition coefficient (Wildman–Crippen LogP) is 3.54. The standard InChI is InChI=1S/C18H26N2O/c1-13(2)20(4)12-11-19-14(3)16-10-9-15-7-5-6-8-17(15)18(16)21/h5-10,13-14,19,21H,11-12H2,1-4H3. The molecule has 0 aromatic heterocycles. The van der Waals surface area contributed by atoms with Gasteiger partial charge in [-0.1, -0.05) is 36.4 Å². The Morgan fingerprint density at radius 3 is 2.52 bits per heavy atom. The van der Waals surface area contributed by atoms with E-state index in [4.69, 9.17) is 0 Å². The molecule has 0 saturated heterocycles. The van der Waals surface area contributed by atoms with Crippen molar-refractivity contribution in [2.45, 2.75) is 32.9 Å². The minimum absolute atomic E-state index is 0.134. The maximum Gasteiger partial charge on any atom is 0.128 e. The van der Waals surface area contributed by atoms with Gasteiger partial charge >= 0.3 is 0 Å². The molecule has 0 bridgehead atoms. The molecule has 21 heavy (non-hydrogen) atoms. The van der Waals surface area contributed by atoms with Crippen molar-refractivity contribution in [2.24, 2.45) is 0 Å². The first-order valence-electron chi connectivity index (χ1n) is 7.65.